The summed E-state index contributed by atoms with van der Waals surface area (Å²) in [7, 11) is 0. The number of alkyl carbamates (subject to hydrolysis) is 1. The third-order valence-corrected chi connectivity index (χ3v) is 4.12. The predicted octanol–water partition coefficient (Wildman–Crippen LogP) is 2.56. The van der Waals surface area contributed by atoms with Gasteiger partial charge in [-0.05, 0) is 53.9 Å². The van der Waals surface area contributed by atoms with E-state index >= 15 is 0 Å². The molecule has 0 aromatic carbocycles. The number of ether oxygens (including phenoxy) is 1. The number of carbonyl (C=O) groups excluding carboxylic acids is 1. The van der Waals surface area contributed by atoms with E-state index in [0.717, 1.165) is 43.7 Å². The zero-order valence-electron chi connectivity index (χ0n) is 14.3. The molecule has 6 heteroatoms. The van der Waals surface area contributed by atoms with Gasteiger partial charge in [0.2, 0.25) is 0 Å². The van der Waals surface area contributed by atoms with Crippen LogP contribution in [0.3, 0.4) is 0 Å². The van der Waals surface area contributed by atoms with Crippen LogP contribution < -0.4 is 10.6 Å². The number of carbonyl (C=O) groups is 1. The second kappa shape index (κ2) is 6.28. The number of nitrogens with zero attached hydrogens (tertiary/aromatic N) is 1. The van der Waals surface area contributed by atoms with Crippen LogP contribution in [0, 0.1) is 13.8 Å². The molecule has 1 aliphatic rings. The number of hydrogen-bond donors (Lipinski definition) is 3. The summed E-state index contributed by atoms with van der Waals surface area (Å²) < 4.78 is 5.37. The summed E-state index contributed by atoms with van der Waals surface area (Å²) in [6.07, 6.45) is 2.79. The first-order valence-electron chi connectivity index (χ1n) is 7.93. The van der Waals surface area contributed by atoms with Crippen LogP contribution in [0.5, 0.6) is 0 Å². The highest BCUT2D eigenvalue weighted by Gasteiger charge is 2.39. The normalized spacial score (nSPS) is 17.0. The van der Waals surface area contributed by atoms with Crippen molar-refractivity contribution in [3.05, 3.63) is 17.0 Å². The van der Waals surface area contributed by atoms with Gasteiger partial charge in [0.15, 0.2) is 0 Å². The van der Waals surface area contributed by atoms with Crippen molar-refractivity contribution in [2.75, 3.05) is 6.54 Å². The summed E-state index contributed by atoms with van der Waals surface area (Å²) in [5.41, 5.74) is 2.67. The average Bonchev–Trinajstić information content (AvgIpc) is 2.64. The molecule has 1 heterocycles. The second-order valence-electron chi connectivity index (χ2n) is 7.28. The number of hydrogen-bond acceptors (Lipinski definition) is 4. The summed E-state index contributed by atoms with van der Waals surface area (Å²) in [5.74, 6) is 0. The fraction of sp³-hybridized carbons (Fsp3) is 0.750. The maximum atomic E-state index is 12.0. The molecule has 3 N–H and O–H groups in total. The molecule has 1 fully saturated rings. The van der Waals surface area contributed by atoms with Gasteiger partial charge < -0.3 is 15.4 Å². The molecule has 1 aromatic heterocycles. The van der Waals surface area contributed by atoms with Crippen LogP contribution in [0.25, 0.3) is 0 Å². The van der Waals surface area contributed by atoms with E-state index in [1.165, 1.54) is 5.56 Å². The quantitative estimate of drug-likeness (QED) is 0.781. The number of H-pyrrole nitrogens is 1. The van der Waals surface area contributed by atoms with Crippen molar-refractivity contribution in [3.8, 4) is 0 Å². The van der Waals surface area contributed by atoms with E-state index in [0.29, 0.717) is 0 Å². The molecule has 22 heavy (non-hydrogen) atoms. The van der Waals surface area contributed by atoms with Crippen LogP contribution in [0.15, 0.2) is 0 Å². The van der Waals surface area contributed by atoms with Crippen LogP contribution in [-0.2, 0) is 11.3 Å². The summed E-state index contributed by atoms with van der Waals surface area (Å²) in [6, 6.07) is 0. The molecule has 0 aliphatic heterocycles. The first kappa shape index (κ1) is 16.8. The summed E-state index contributed by atoms with van der Waals surface area (Å²) in [6.45, 7) is 11.2. The van der Waals surface area contributed by atoms with Gasteiger partial charge in [0.05, 0.1) is 11.2 Å². The number of amides is 1. The number of rotatable bonds is 5. The van der Waals surface area contributed by atoms with Gasteiger partial charge in [0, 0.05) is 24.3 Å². The molecule has 6 nitrogen and oxygen atoms in total. The van der Waals surface area contributed by atoms with Crippen LogP contribution in [0.4, 0.5) is 4.79 Å². The van der Waals surface area contributed by atoms with E-state index in [1.54, 1.807) is 0 Å². The number of nitrogens with one attached hydrogen (secondary N) is 3. The number of aryl methyl sites for hydroxylation is 2. The SMILES string of the molecule is Cc1n[nH]c(C)c1CNCC1(NC(=O)OC(C)(C)C)CCC1. The first-order chi connectivity index (χ1) is 10.2. The third kappa shape index (κ3) is 4.22. The van der Waals surface area contributed by atoms with Gasteiger partial charge >= 0.3 is 6.09 Å². The average molecular weight is 308 g/mol. The van der Waals surface area contributed by atoms with E-state index in [4.69, 9.17) is 4.74 Å². The Bertz CT molecular complexity index is 507. The van der Waals surface area contributed by atoms with E-state index in [1.807, 2.05) is 34.6 Å². The lowest BCUT2D eigenvalue weighted by atomic mass is 9.76. The maximum Gasteiger partial charge on any atom is 0.408 e. The zero-order chi connectivity index (χ0) is 16.4. The Balaban J connectivity index is 1.85. The predicted molar refractivity (Wildman–Crippen MR) is 85.7 cm³/mol. The van der Waals surface area contributed by atoms with Crippen LogP contribution in [0.1, 0.15) is 57.0 Å². The Morgan fingerprint density at radius 3 is 2.50 bits per heavy atom. The van der Waals surface area contributed by atoms with Gasteiger partial charge in [-0.1, -0.05) is 0 Å². The molecule has 1 amide bonds. The number of aromatic nitrogens is 2. The monoisotopic (exact) mass is 308 g/mol. The molecule has 0 saturated heterocycles. The molecule has 1 saturated carbocycles. The summed E-state index contributed by atoms with van der Waals surface area (Å²) in [4.78, 5) is 12.0. The second-order valence-corrected chi connectivity index (χ2v) is 7.28. The lowest BCUT2D eigenvalue weighted by Crippen LogP contribution is -2.59. The minimum atomic E-state index is -0.465. The standard InChI is InChI=1S/C16H28N4O2/c1-11-13(12(2)20-19-11)9-17-10-16(7-6-8-16)18-14(21)22-15(3,4)5/h17H,6-10H2,1-5H3,(H,18,21)(H,19,20). The molecular weight excluding hydrogens is 280 g/mol. The van der Waals surface area contributed by atoms with Crippen LogP contribution in [-0.4, -0.2) is 34.0 Å². The first-order valence-corrected chi connectivity index (χ1v) is 7.93. The summed E-state index contributed by atoms with van der Waals surface area (Å²) >= 11 is 0. The van der Waals surface area contributed by atoms with Crippen LogP contribution in [0.2, 0.25) is 0 Å². The molecule has 1 aromatic rings. The van der Waals surface area contributed by atoms with E-state index < -0.39 is 5.60 Å². The van der Waals surface area contributed by atoms with Gasteiger partial charge in [-0.25, -0.2) is 4.79 Å². The molecule has 2 rings (SSSR count). The maximum absolute atomic E-state index is 12.0. The molecule has 0 unspecified atom stereocenters. The lowest BCUT2D eigenvalue weighted by molar-refractivity contribution is 0.0382. The lowest BCUT2D eigenvalue weighted by Gasteiger charge is -2.42. The van der Waals surface area contributed by atoms with Crippen molar-refractivity contribution >= 4 is 6.09 Å². The minimum Gasteiger partial charge on any atom is -0.444 e. The Hall–Kier alpha value is -1.56. The van der Waals surface area contributed by atoms with Gasteiger partial charge in [-0.2, -0.15) is 5.10 Å². The van der Waals surface area contributed by atoms with Crippen molar-refractivity contribution in [2.45, 2.75) is 71.6 Å². The smallest absolute Gasteiger partial charge is 0.408 e. The van der Waals surface area contributed by atoms with Gasteiger partial charge in [0.1, 0.15) is 5.60 Å². The van der Waals surface area contributed by atoms with Crippen molar-refractivity contribution < 1.29 is 9.53 Å². The number of aromatic amines is 1. The topological polar surface area (TPSA) is 79.0 Å². The summed E-state index contributed by atoms with van der Waals surface area (Å²) in [5, 5.41) is 13.7. The zero-order valence-corrected chi connectivity index (χ0v) is 14.3. The minimum absolute atomic E-state index is 0.173. The van der Waals surface area contributed by atoms with Gasteiger partial charge in [0.25, 0.3) is 0 Å². The Kier molecular flexibility index (Phi) is 4.80. The van der Waals surface area contributed by atoms with Gasteiger partial charge in [-0.15, -0.1) is 0 Å². The van der Waals surface area contributed by atoms with Crippen molar-refractivity contribution in [3.63, 3.8) is 0 Å². The molecule has 0 spiro atoms. The largest absolute Gasteiger partial charge is 0.444 e. The van der Waals surface area contributed by atoms with Crippen molar-refractivity contribution in [1.82, 2.24) is 20.8 Å². The third-order valence-electron chi connectivity index (χ3n) is 4.12. The molecule has 1 aliphatic carbocycles. The van der Waals surface area contributed by atoms with E-state index in [-0.39, 0.29) is 11.6 Å². The van der Waals surface area contributed by atoms with E-state index in [9.17, 15) is 4.79 Å². The Morgan fingerprint density at radius 1 is 1.36 bits per heavy atom. The Morgan fingerprint density at radius 2 is 2.05 bits per heavy atom. The fourth-order valence-corrected chi connectivity index (χ4v) is 2.73. The highest BCUT2D eigenvalue weighted by Crippen LogP contribution is 2.31. The molecule has 0 radical (unpaired) electrons. The highest BCUT2D eigenvalue weighted by molar-refractivity contribution is 5.69. The van der Waals surface area contributed by atoms with E-state index in [2.05, 4.69) is 20.8 Å². The molecule has 0 atom stereocenters. The van der Waals surface area contributed by atoms with Crippen molar-refractivity contribution in [2.24, 2.45) is 0 Å². The Labute approximate surface area is 132 Å². The van der Waals surface area contributed by atoms with Crippen molar-refractivity contribution in [1.29, 1.82) is 0 Å². The highest BCUT2D eigenvalue weighted by atomic mass is 16.6. The van der Waals surface area contributed by atoms with Crippen LogP contribution >= 0.6 is 0 Å². The fourth-order valence-electron chi connectivity index (χ4n) is 2.73. The molecule has 124 valence electrons. The van der Waals surface area contributed by atoms with Gasteiger partial charge in [-0.3, -0.25) is 5.10 Å². The molecular formula is C16H28N4O2. The molecule has 0 bridgehead atoms.